The van der Waals surface area contributed by atoms with E-state index in [1.807, 2.05) is 41.3 Å². The number of carbonyl (C=O) groups excluding carboxylic acids is 1. The predicted molar refractivity (Wildman–Crippen MR) is 108 cm³/mol. The first-order valence-corrected chi connectivity index (χ1v) is 10.1. The van der Waals surface area contributed by atoms with Gasteiger partial charge in [-0.2, -0.15) is 0 Å². The number of carbonyl (C=O) groups is 1. The molecule has 0 spiro atoms. The average Bonchev–Trinajstić information content (AvgIpc) is 3.05. The van der Waals surface area contributed by atoms with E-state index in [4.69, 9.17) is 23.2 Å². The van der Waals surface area contributed by atoms with Crippen LogP contribution in [0.15, 0.2) is 42.5 Å². The van der Waals surface area contributed by atoms with Crippen molar-refractivity contribution in [1.29, 1.82) is 0 Å². The second kappa shape index (κ2) is 7.22. The van der Waals surface area contributed by atoms with E-state index >= 15 is 0 Å². The maximum Gasteiger partial charge on any atom is 0.255 e. The lowest BCUT2D eigenvalue weighted by molar-refractivity contribution is 0.0760. The summed E-state index contributed by atoms with van der Waals surface area (Å²) in [6, 6.07) is 13.5. The summed E-state index contributed by atoms with van der Waals surface area (Å²) in [7, 11) is 0. The molecular formula is C20H21Cl2NOS. The van der Waals surface area contributed by atoms with Gasteiger partial charge in [-0.25, -0.2) is 0 Å². The molecule has 1 heterocycles. The average molecular weight is 394 g/mol. The van der Waals surface area contributed by atoms with Gasteiger partial charge < -0.3 is 4.90 Å². The monoisotopic (exact) mass is 393 g/mol. The molecule has 1 saturated heterocycles. The third-order valence-electron chi connectivity index (χ3n) is 4.40. The molecule has 0 bridgehead atoms. The van der Waals surface area contributed by atoms with Gasteiger partial charge in [0.05, 0.1) is 10.0 Å². The predicted octanol–water partition coefficient (Wildman–Crippen LogP) is 6.18. The zero-order valence-corrected chi connectivity index (χ0v) is 16.9. The van der Waals surface area contributed by atoms with Crippen LogP contribution >= 0.6 is 35.0 Å². The minimum atomic E-state index is -0.0963. The molecule has 1 aliphatic heterocycles. The fraction of sp³-hybridized carbons (Fsp3) is 0.350. The molecule has 1 unspecified atom stereocenters. The van der Waals surface area contributed by atoms with Crippen LogP contribution < -0.4 is 0 Å². The van der Waals surface area contributed by atoms with Crippen molar-refractivity contribution in [3.63, 3.8) is 0 Å². The topological polar surface area (TPSA) is 20.3 Å². The van der Waals surface area contributed by atoms with Gasteiger partial charge in [0.15, 0.2) is 0 Å². The Morgan fingerprint density at radius 2 is 1.80 bits per heavy atom. The van der Waals surface area contributed by atoms with E-state index in [-0.39, 0.29) is 16.7 Å². The molecule has 2 aromatic carbocycles. The van der Waals surface area contributed by atoms with Gasteiger partial charge in [-0.05, 0) is 29.2 Å². The molecule has 1 fully saturated rings. The van der Waals surface area contributed by atoms with Crippen LogP contribution in [0.2, 0.25) is 10.0 Å². The summed E-state index contributed by atoms with van der Waals surface area (Å²) in [6.07, 6.45) is 0. The Morgan fingerprint density at radius 1 is 1.12 bits per heavy atom. The molecule has 1 aliphatic rings. The fourth-order valence-corrected chi connectivity index (χ4v) is 4.68. The number of halogens is 2. The molecule has 2 aromatic rings. The van der Waals surface area contributed by atoms with Crippen LogP contribution in [-0.2, 0) is 5.41 Å². The van der Waals surface area contributed by atoms with Crippen molar-refractivity contribution in [1.82, 2.24) is 4.90 Å². The van der Waals surface area contributed by atoms with Gasteiger partial charge in [-0.1, -0.05) is 68.2 Å². The lowest BCUT2D eigenvalue weighted by Gasteiger charge is -2.26. The van der Waals surface area contributed by atoms with E-state index in [1.165, 1.54) is 5.56 Å². The summed E-state index contributed by atoms with van der Waals surface area (Å²) in [6.45, 7) is 7.20. The van der Waals surface area contributed by atoms with Crippen molar-refractivity contribution in [3.05, 3.63) is 69.2 Å². The van der Waals surface area contributed by atoms with Crippen LogP contribution in [0.5, 0.6) is 0 Å². The Balaban J connectivity index is 1.87. The maximum absolute atomic E-state index is 13.0. The lowest BCUT2D eigenvalue weighted by atomic mass is 9.86. The summed E-state index contributed by atoms with van der Waals surface area (Å²) in [4.78, 5) is 14.9. The molecule has 3 rings (SSSR count). The zero-order valence-electron chi connectivity index (χ0n) is 14.6. The van der Waals surface area contributed by atoms with E-state index in [2.05, 4.69) is 20.8 Å². The number of amides is 1. The van der Waals surface area contributed by atoms with Crippen LogP contribution in [0.4, 0.5) is 0 Å². The van der Waals surface area contributed by atoms with Crippen molar-refractivity contribution < 1.29 is 4.79 Å². The highest BCUT2D eigenvalue weighted by Crippen LogP contribution is 2.43. The van der Waals surface area contributed by atoms with E-state index < -0.39 is 0 Å². The molecule has 1 atom stereocenters. The molecule has 2 nitrogen and oxygen atoms in total. The molecular weight excluding hydrogens is 373 g/mol. The Kier molecular flexibility index (Phi) is 5.38. The number of hydrogen-bond donors (Lipinski definition) is 0. The summed E-state index contributed by atoms with van der Waals surface area (Å²) >= 11 is 14.2. The van der Waals surface area contributed by atoms with Gasteiger partial charge in [0.1, 0.15) is 5.37 Å². The Labute approximate surface area is 163 Å². The number of thioether (sulfide) groups is 1. The number of benzene rings is 2. The Hall–Kier alpha value is -1.16. The molecule has 0 aliphatic carbocycles. The second-order valence-electron chi connectivity index (χ2n) is 7.19. The highest BCUT2D eigenvalue weighted by atomic mass is 35.5. The molecule has 132 valence electrons. The maximum atomic E-state index is 13.0. The number of hydrogen-bond acceptors (Lipinski definition) is 2. The largest absolute Gasteiger partial charge is 0.322 e. The van der Waals surface area contributed by atoms with Gasteiger partial charge in [0.2, 0.25) is 0 Å². The summed E-state index contributed by atoms with van der Waals surface area (Å²) in [5, 5.41) is 0.957. The van der Waals surface area contributed by atoms with Crippen molar-refractivity contribution in [2.75, 3.05) is 12.3 Å². The number of nitrogens with zero attached hydrogens (tertiary/aromatic N) is 1. The van der Waals surface area contributed by atoms with Crippen molar-refractivity contribution in [2.24, 2.45) is 0 Å². The van der Waals surface area contributed by atoms with E-state index in [9.17, 15) is 4.79 Å². The van der Waals surface area contributed by atoms with E-state index in [1.54, 1.807) is 17.8 Å². The molecule has 0 N–H and O–H groups in total. The van der Waals surface area contributed by atoms with Crippen LogP contribution in [-0.4, -0.2) is 23.1 Å². The van der Waals surface area contributed by atoms with Crippen LogP contribution in [0.1, 0.15) is 47.6 Å². The molecule has 25 heavy (non-hydrogen) atoms. The first kappa shape index (κ1) is 18.6. The zero-order chi connectivity index (χ0) is 18.2. The van der Waals surface area contributed by atoms with Gasteiger partial charge >= 0.3 is 0 Å². The normalized spacial score (nSPS) is 17.8. The SMILES string of the molecule is CC(C)(C)c1ccc(C(=O)N2CCSC2c2cccc(Cl)c2Cl)cc1. The van der Waals surface area contributed by atoms with Crippen molar-refractivity contribution in [3.8, 4) is 0 Å². The molecule has 0 radical (unpaired) electrons. The second-order valence-corrected chi connectivity index (χ2v) is 9.17. The van der Waals surface area contributed by atoms with Gasteiger partial charge in [0.25, 0.3) is 5.91 Å². The first-order valence-electron chi connectivity index (χ1n) is 8.26. The molecule has 1 amide bonds. The van der Waals surface area contributed by atoms with E-state index in [0.717, 1.165) is 11.3 Å². The Bertz CT molecular complexity index is 783. The van der Waals surface area contributed by atoms with Gasteiger partial charge in [-0.15, -0.1) is 11.8 Å². The van der Waals surface area contributed by atoms with Crippen molar-refractivity contribution >= 4 is 40.9 Å². The van der Waals surface area contributed by atoms with Crippen molar-refractivity contribution in [2.45, 2.75) is 31.6 Å². The van der Waals surface area contributed by atoms with Crippen LogP contribution in [0, 0.1) is 0 Å². The Morgan fingerprint density at radius 3 is 2.44 bits per heavy atom. The summed E-state index contributed by atoms with van der Waals surface area (Å²) in [5.41, 5.74) is 2.89. The summed E-state index contributed by atoms with van der Waals surface area (Å²) in [5.74, 6) is 0.922. The quantitative estimate of drug-likeness (QED) is 0.606. The molecule has 5 heteroatoms. The highest BCUT2D eigenvalue weighted by Gasteiger charge is 2.33. The number of rotatable bonds is 2. The lowest BCUT2D eigenvalue weighted by Crippen LogP contribution is -2.30. The van der Waals surface area contributed by atoms with Crippen LogP contribution in [0.25, 0.3) is 0 Å². The molecule has 0 aromatic heterocycles. The van der Waals surface area contributed by atoms with E-state index in [0.29, 0.717) is 22.2 Å². The van der Waals surface area contributed by atoms with Gasteiger partial charge in [0, 0.05) is 23.4 Å². The fourth-order valence-electron chi connectivity index (χ4n) is 2.93. The molecule has 0 saturated carbocycles. The first-order chi connectivity index (χ1) is 11.8. The summed E-state index contributed by atoms with van der Waals surface area (Å²) < 4.78 is 0. The minimum Gasteiger partial charge on any atom is -0.322 e. The minimum absolute atomic E-state index is 0.0338. The third kappa shape index (κ3) is 3.84. The van der Waals surface area contributed by atoms with Crippen LogP contribution in [0.3, 0.4) is 0 Å². The smallest absolute Gasteiger partial charge is 0.255 e. The standard InChI is InChI=1S/C20H21Cl2NOS/c1-20(2,3)14-9-7-13(8-10-14)18(24)23-11-12-25-19(23)15-5-4-6-16(21)17(15)22/h4-10,19H,11-12H2,1-3H3. The highest BCUT2D eigenvalue weighted by molar-refractivity contribution is 7.99. The third-order valence-corrected chi connectivity index (χ3v) is 6.47. The van der Waals surface area contributed by atoms with Gasteiger partial charge in [-0.3, -0.25) is 4.79 Å².